The third kappa shape index (κ3) is 5.09. The number of hydrogen-bond donors (Lipinski definition) is 4. The minimum Gasteiger partial charge on any atom is -0.507 e. The van der Waals surface area contributed by atoms with Crippen molar-refractivity contribution in [3.05, 3.63) is 83.2 Å². The van der Waals surface area contributed by atoms with Crippen molar-refractivity contribution in [3.63, 3.8) is 0 Å². The van der Waals surface area contributed by atoms with Crippen molar-refractivity contribution in [2.45, 2.75) is 12.1 Å². The van der Waals surface area contributed by atoms with E-state index in [1.165, 1.54) is 62.1 Å². The van der Waals surface area contributed by atoms with E-state index in [1.54, 1.807) is 0 Å². The summed E-state index contributed by atoms with van der Waals surface area (Å²) in [5.41, 5.74) is 0.0581. The molecule has 4 N–H and O–H groups in total. The van der Waals surface area contributed by atoms with E-state index < -0.39 is 28.8 Å². The third-order valence-electron chi connectivity index (χ3n) is 5.60. The number of aromatic hydroxyl groups is 1. The quantitative estimate of drug-likeness (QED) is 0.369. The second kappa shape index (κ2) is 10.3. The van der Waals surface area contributed by atoms with Crippen LogP contribution in [0, 0.1) is 5.82 Å². The molecule has 35 heavy (non-hydrogen) atoms. The first-order valence-corrected chi connectivity index (χ1v) is 10.7. The summed E-state index contributed by atoms with van der Waals surface area (Å²) in [6, 6.07) is 8.74. The van der Waals surface area contributed by atoms with Crippen LogP contribution in [0.15, 0.2) is 55.0 Å². The van der Waals surface area contributed by atoms with Crippen LogP contribution in [0.5, 0.6) is 11.5 Å². The standard InChI is InChI=1S/C24H22FN5O5/c1-35-19-7-6-18(31)20(21(19)25)22(32)13-2-4-14(5-3-13)23(33)29-16-10-27-11-17(16)30-24(34)15-8-9-26-12-28-15/h2-9,12,16-17,27,31H,10-11H2,1H3,(H,29,33)(H,30,34)/t16?,17-/m1/s1. The first kappa shape index (κ1) is 23.8. The number of nitrogens with zero attached hydrogens (tertiary/aromatic N) is 2. The number of ether oxygens (including phenoxy) is 1. The van der Waals surface area contributed by atoms with Gasteiger partial charge in [-0.05, 0) is 30.3 Å². The summed E-state index contributed by atoms with van der Waals surface area (Å²) in [5.74, 6) is -3.19. The van der Waals surface area contributed by atoms with Gasteiger partial charge in [-0.3, -0.25) is 14.4 Å². The Kier molecular flexibility index (Phi) is 6.97. The number of phenols is 1. The lowest BCUT2D eigenvalue weighted by Gasteiger charge is -2.21. The maximum Gasteiger partial charge on any atom is 0.270 e. The van der Waals surface area contributed by atoms with Crippen LogP contribution in [0.25, 0.3) is 0 Å². The third-order valence-corrected chi connectivity index (χ3v) is 5.60. The average Bonchev–Trinajstić information content (AvgIpc) is 3.30. The molecule has 0 aliphatic carbocycles. The highest BCUT2D eigenvalue weighted by molar-refractivity contribution is 6.11. The molecular weight excluding hydrogens is 457 g/mol. The lowest BCUT2D eigenvalue weighted by Crippen LogP contribution is -2.51. The van der Waals surface area contributed by atoms with E-state index in [2.05, 4.69) is 25.9 Å². The number of rotatable bonds is 7. The molecule has 1 aliphatic rings. The Morgan fingerprint density at radius 2 is 1.66 bits per heavy atom. The Labute approximate surface area is 199 Å². The number of methoxy groups -OCH3 is 1. The fourth-order valence-electron chi connectivity index (χ4n) is 3.74. The molecule has 2 atom stereocenters. The molecule has 1 aromatic heterocycles. The van der Waals surface area contributed by atoms with Crippen LogP contribution < -0.4 is 20.7 Å². The zero-order chi connectivity index (χ0) is 24.9. The van der Waals surface area contributed by atoms with E-state index in [4.69, 9.17) is 4.74 Å². The summed E-state index contributed by atoms with van der Waals surface area (Å²) in [4.78, 5) is 45.6. The molecule has 2 amide bonds. The largest absolute Gasteiger partial charge is 0.507 e. The second-order valence-corrected chi connectivity index (χ2v) is 7.80. The summed E-state index contributed by atoms with van der Waals surface area (Å²) in [6.07, 6.45) is 2.74. The van der Waals surface area contributed by atoms with Crippen LogP contribution in [0.2, 0.25) is 0 Å². The Morgan fingerprint density at radius 1 is 1.00 bits per heavy atom. The topological polar surface area (TPSA) is 143 Å². The lowest BCUT2D eigenvalue weighted by molar-refractivity contribution is 0.0894. The van der Waals surface area contributed by atoms with Gasteiger partial charge in [0, 0.05) is 30.4 Å². The number of carbonyl (C=O) groups excluding carboxylic acids is 3. The van der Waals surface area contributed by atoms with E-state index in [-0.39, 0.29) is 40.6 Å². The first-order valence-electron chi connectivity index (χ1n) is 10.7. The van der Waals surface area contributed by atoms with E-state index in [0.717, 1.165) is 0 Å². The molecule has 2 heterocycles. The highest BCUT2D eigenvalue weighted by Crippen LogP contribution is 2.30. The summed E-state index contributed by atoms with van der Waals surface area (Å²) in [7, 11) is 1.25. The van der Waals surface area contributed by atoms with Crippen LogP contribution in [0.1, 0.15) is 36.8 Å². The normalized spacial score (nSPS) is 17.0. The van der Waals surface area contributed by atoms with Crippen LogP contribution in [-0.4, -0.2) is 65.0 Å². The fourth-order valence-corrected chi connectivity index (χ4v) is 3.74. The van der Waals surface area contributed by atoms with Crippen LogP contribution >= 0.6 is 0 Å². The number of benzene rings is 2. The van der Waals surface area contributed by atoms with Gasteiger partial charge in [0.1, 0.15) is 23.3 Å². The van der Waals surface area contributed by atoms with Gasteiger partial charge in [0.15, 0.2) is 17.3 Å². The molecule has 1 aliphatic heterocycles. The molecule has 1 fully saturated rings. The van der Waals surface area contributed by atoms with Gasteiger partial charge in [-0.15, -0.1) is 0 Å². The Balaban J connectivity index is 1.43. The van der Waals surface area contributed by atoms with E-state index in [0.29, 0.717) is 13.1 Å². The zero-order valence-electron chi connectivity index (χ0n) is 18.6. The lowest BCUT2D eigenvalue weighted by atomic mass is 10.00. The van der Waals surface area contributed by atoms with Gasteiger partial charge < -0.3 is 25.8 Å². The van der Waals surface area contributed by atoms with Crippen molar-refractivity contribution in [2.75, 3.05) is 20.2 Å². The van der Waals surface area contributed by atoms with Gasteiger partial charge in [-0.1, -0.05) is 12.1 Å². The van der Waals surface area contributed by atoms with Crippen molar-refractivity contribution in [3.8, 4) is 11.5 Å². The van der Waals surface area contributed by atoms with Gasteiger partial charge >= 0.3 is 0 Å². The second-order valence-electron chi connectivity index (χ2n) is 7.80. The molecule has 2 aromatic carbocycles. The van der Waals surface area contributed by atoms with Crippen molar-refractivity contribution >= 4 is 17.6 Å². The Hall–Kier alpha value is -4.38. The van der Waals surface area contributed by atoms with Crippen molar-refractivity contribution in [1.82, 2.24) is 25.9 Å². The molecule has 0 radical (unpaired) electrons. The van der Waals surface area contributed by atoms with Crippen LogP contribution in [0.3, 0.4) is 0 Å². The number of phenolic OH excluding ortho intramolecular Hbond substituents is 1. The Morgan fingerprint density at radius 3 is 2.29 bits per heavy atom. The molecule has 1 unspecified atom stereocenters. The number of nitrogens with one attached hydrogen (secondary N) is 3. The minimum absolute atomic E-state index is 0.0847. The summed E-state index contributed by atoms with van der Waals surface area (Å²) < 4.78 is 19.4. The fraction of sp³-hybridized carbons (Fsp3) is 0.208. The van der Waals surface area contributed by atoms with Gasteiger partial charge in [0.25, 0.3) is 11.8 Å². The first-order chi connectivity index (χ1) is 16.9. The average molecular weight is 479 g/mol. The maximum absolute atomic E-state index is 14.5. The van der Waals surface area contributed by atoms with Crippen molar-refractivity contribution < 1.29 is 28.6 Å². The van der Waals surface area contributed by atoms with Gasteiger partial charge in [-0.2, -0.15) is 0 Å². The van der Waals surface area contributed by atoms with Crippen molar-refractivity contribution in [1.29, 1.82) is 0 Å². The predicted molar refractivity (Wildman–Crippen MR) is 122 cm³/mol. The molecular formula is C24H22FN5O5. The molecule has 0 spiro atoms. The molecule has 0 saturated carbocycles. The zero-order valence-corrected chi connectivity index (χ0v) is 18.6. The molecule has 10 nitrogen and oxygen atoms in total. The van der Waals surface area contributed by atoms with Gasteiger partial charge in [0.05, 0.1) is 19.2 Å². The molecule has 3 aromatic rings. The van der Waals surface area contributed by atoms with E-state index >= 15 is 0 Å². The number of hydrogen-bond acceptors (Lipinski definition) is 8. The Bertz CT molecular complexity index is 1250. The summed E-state index contributed by atoms with van der Waals surface area (Å²) >= 11 is 0. The van der Waals surface area contributed by atoms with Gasteiger partial charge in [0.2, 0.25) is 0 Å². The smallest absolute Gasteiger partial charge is 0.270 e. The van der Waals surface area contributed by atoms with Crippen molar-refractivity contribution in [2.24, 2.45) is 0 Å². The monoisotopic (exact) mass is 479 g/mol. The van der Waals surface area contributed by atoms with Crippen LogP contribution in [-0.2, 0) is 0 Å². The molecule has 180 valence electrons. The van der Waals surface area contributed by atoms with Crippen LogP contribution in [0.4, 0.5) is 4.39 Å². The number of aromatic nitrogens is 2. The van der Waals surface area contributed by atoms with Gasteiger partial charge in [-0.25, -0.2) is 14.4 Å². The SMILES string of the molecule is COc1ccc(O)c(C(=O)c2ccc(C(=O)NC3CNC[C@H]3NC(=O)c3ccncn3)cc2)c1F. The maximum atomic E-state index is 14.5. The van der Waals surface area contributed by atoms with E-state index in [9.17, 15) is 23.9 Å². The number of amides is 2. The number of halogens is 1. The molecule has 4 rings (SSSR count). The molecule has 0 bridgehead atoms. The number of ketones is 1. The predicted octanol–water partition coefficient (Wildman–Crippen LogP) is 1.06. The molecule has 11 heteroatoms. The summed E-state index contributed by atoms with van der Waals surface area (Å²) in [6.45, 7) is 0.913. The highest BCUT2D eigenvalue weighted by atomic mass is 19.1. The number of carbonyl (C=O) groups is 3. The summed E-state index contributed by atoms with van der Waals surface area (Å²) in [5, 5.41) is 18.8. The minimum atomic E-state index is -0.969. The van der Waals surface area contributed by atoms with E-state index in [1.807, 2.05) is 0 Å². The molecule has 1 saturated heterocycles. The highest BCUT2D eigenvalue weighted by Gasteiger charge is 2.30.